The third-order valence-electron chi connectivity index (χ3n) is 3.90. The molecule has 0 saturated heterocycles. The van der Waals surface area contributed by atoms with Crippen molar-refractivity contribution < 1.29 is 27.7 Å². The number of rotatable bonds is 6. The van der Waals surface area contributed by atoms with Gasteiger partial charge in [0.05, 0.1) is 28.7 Å². The molecule has 0 aliphatic heterocycles. The molecule has 10 nitrogen and oxygen atoms in total. The lowest BCUT2D eigenvalue weighted by Crippen LogP contribution is -2.12. The van der Waals surface area contributed by atoms with Gasteiger partial charge in [0.1, 0.15) is 4.21 Å². The van der Waals surface area contributed by atoms with E-state index in [2.05, 4.69) is 15.0 Å². The molecule has 0 spiro atoms. The predicted molar refractivity (Wildman–Crippen MR) is 106 cm³/mol. The lowest BCUT2D eigenvalue weighted by molar-refractivity contribution is -0.384. The summed E-state index contributed by atoms with van der Waals surface area (Å²) < 4.78 is 29.8. The van der Waals surface area contributed by atoms with Crippen molar-refractivity contribution >= 4 is 43.9 Å². The van der Waals surface area contributed by atoms with E-state index in [-0.39, 0.29) is 31.1 Å². The number of anilines is 1. The maximum atomic E-state index is 12.7. The third kappa shape index (κ3) is 4.34. The number of nitro groups is 1. The Labute approximate surface area is 174 Å². The van der Waals surface area contributed by atoms with Crippen LogP contribution in [0.3, 0.4) is 0 Å². The van der Waals surface area contributed by atoms with Crippen LogP contribution in [0.4, 0.5) is 10.8 Å². The predicted octanol–water partition coefficient (Wildman–Crippen LogP) is 2.92. The van der Waals surface area contributed by atoms with Crippen molar-refractivity contribution in [2.75, 3.05) is 12.4 Å². The molecule has 3 rings (SSSR count). The number of nitrogens with zero attached hydrogens (tertiary/aromatic N) is 2. The highest BCUT2D eigenvalue weighted by atomic mass is 32.2. The lowest BCUT2D eigenvalue weighted by Gasteiger charge is -2.03. The highest BCUT2D eigenvalue weighted by Crippen LogP contribution is 2.29. The molecule has 0 bridgehead atoms. The van der Waals surface area contributed by atoms with Crippen molar-refractivity contribution in [3.05, 3.63) is 76.0 Å². The van der Waals surface area contributed by atoms with Crippen molar-refractivity contribution in [2.24, 2.45) is 0 Å². The zero-order valence-electron chi connectivity index (χ0n) is 15.3. The molecular formula is C18H13N3O7S2. The normalized spacial score (nSPS) is 11.0. The Balaban J connectivity index is 1.76. The molecule has 0 saturated carbocycles. The lowest BCUT2D eigenvalue weighted by atomic mass is 10.1. The summed E-state index contributed by atoms with van der Waals surface area (Å²) in [6.45, 7) is 0. The average molecular weight is 447 g/mol. The van der Waals surface area contributed by atoms with Gasteiger partial charge in [-0.3, -0.25) is 20.2 Å². The molecule has 12 heteroatoms. The first-order valence-corrected chi connectivity index (χ1v) is 10.5. The number of esters is 1. The van der Waals surface area contributed by atoms with Crippen LogP contribution in [0.1, 0.15) is 20.7 Å². The van der Waals surface area contributed by atoms with E-state index in [9.17, 15) is 28.1 Å². The molecule has 0 unspecified atom stereocenters. The number of ether oxygens (including phenoxy) is 1. The number of amides is 1. The van der Waals surface area contributed by atoms with Gasteiger partial charge in [-0.25, -0.2) is 18.2 Å². The number of carbonyl (C=O) groups excluding carboxylic acids is 2. The van der Waals surface area contributed by atoms with Crippen molar-refractivity contribution in [1.29, 1.82) is 0 Å². The molecule has 3 aromatic rings. The first-order chi connectivity index (χ1) is 14.2. The van der Waals surface area contributed by atoms with Gasteiger partial charge in [0.25, 0.3) is 11.6 Å². The number of non-ortho nitro benzene ring substituents is 1. The number of sulfone groups is 1. The van der Waals surface area contributed by atoms with Crippen LogP contribution in [0.2, 0.25) is 0 Å². The van der Waals surface area contributed by atoms with Crippen molar-refractivity contribution in [3.8, 4) is 0 Å². The fourth-order valence-corrected chi connectivity index (χ4v) is 4.78. The number of thiazole rings is 1. The van der Waals surface area contributed by atoms with E-state index in [0.29, 0.717) is 0 Å². The highest BCUT2D eigenvalue weighted by Gasteiger charge is 2.22. The number of nitro benzene ring substituents is 1. The molecule has 1 N–H and O–H groups in total. The number of aromatic nitrogens is 1. The standard InChI is InChI=1S/C18H13N3O7S2/c1-28-17(23)12-4-2-11(3-5-12)16(22)20-18-19-10-15(29-18)30(26,27)14-8-6-13(7-9-14)21(24)25/h2-10H,1H3,(H,19,20,22). The number of nitrogens with one attached hydrogen (secondary N) is 1. The van der Waals surface area contributed by atoms with Crippen LogP contribution < -0.4 is 5.32 Å². The van der Waals surface area contributed by atoms with Gasteiger partial charge in [0.15, 0.2) is 5.13 Å². The van der Waals surface area contributed by atoms with Crippen LogP contribution in [0.15, 0.2) is 63.8 Å². The zero-order valence-corrected chi connectivity index (χ0v) is 16.9. The van der Waals surface area contributed by atoms with Crippen LogP contribution in [0.5, 0.6) is 0 Å². The largest absolute Gasteiger partial charge is 0.465 e. The average Bonchev–Trinajstić information content (AvgIpc) is 3.22. The van der Waals surface area contributed by atoms with Crippen molar-refractivity contribution in [3.63, 3.8) is 0 Å². The molecule has 2 aromatic carbocycles. The van der Waals surface area contributed by atoms with E-state index >= 15 is 0 Å². The van der Waals surface area contributed by atoms with Gasteiger partial charge in [-0.1, -0.05) is 11.3 Å². The molecule has 0 aliphatic carbocycles. The summed E-state index contributed by atoms with van der Waals surface area (Å²) in [5.74, 6) is -1.08. The minimum Gasteiger partial charge on any atom is -0.465 e. The van der Waals surface area contributed by atoms with E-state index in [1.807, 2.05) is 0 Å². The van der Waals surface area contributed by atoms with E-state index < -0.39 is 26.6 Å². The number of methoxy groups -OCH3 is 1. The van der Waals surface area contributed by atoms with Crippen LogP contribution in [0.25, 0.3) is 0 Å². The fourth-order valence-electron chi connectivity index (χ4n) is 2.35. The molecular weight excluding hydrogens is 434 g/mol. The third-order valence-corrected chi connectivity index (χ3v) is 7.04. The van der Waals surface area contributed by atoms with Gasteiger partial charge in [-0.05, 0) is 36.4 Å². The number of benzene rings is 2. The van der Waals surface area contributed by atoms with E-state index in [1.165, 1.54) is 31.4 Å². The van der Waals surface area contributed by atoms with Crippen LogP contribution in [-0.4, -0.2) is 37.3 Å². The number of carbonyl (C=O) groups is 2. The second kappa shape index (κ2) is 8.39. The summed E-state index contributed by atoms with van der Waals surface area (Å²) in [4.78, 5) is 37.6. The molecule has 154 valence electrons. The molecule has 1 aromatic heterocycles. The van der Waals surface area contributed by atoms with Gasteiger partial charge in [0, 0.05) is 17.7 Å². The van der Waals surface area contributed by atoms with Crippen molar-refractivity contribution in [2.45, 2.75) is 9.10 Å². The summed E-state index contributed by atoms with van der Waals surface area (Å²) in [5, 5.41) is 13.2. The Kier molecular flexibility index (Phi) is 5.89. The summed E-state index contributed by atoms with van der Waals surface area (Å²) in [6, 6.07) is 10.1. The second-order valence-corrected chi connectivity index (χ2v) is 8.97. The van der Waals surface area contributed by atoms with Gasteiger partial charge >= 0.3 is 5.97 Å². The maximum Gasteiger partial charge on any atom is 0.337 e. The van der Waals surface area contributed by atoms with Crippen LogP contribution in [0, 0.1) is 10.1 Å². The van der Waals surface area contributed by atoms with Crippen molar-refractivity contribution in [1.82, 2.24) is 4.98 Å². The topological polar surface area (TPSA) is 146 Å². The van der Waals surface area contributed by atoms with Crippen LogP contribution in [-0.2, 0) is 14.6 Å². The Morgan fingerprint density at radius 2 is 1.67 bits per heavy atom. The molecule has 1 amide bonds. The second-order valence-electron chi connectivity index (χ2n) is 5.76. The molecule has 0 aliphatic rings. The molecule has 0 atom stereocenters. The fraction of sp³-hybridized carbons (Fsp3) is 0.0556. The van der Waals surface area contributed by atoms with E-state index in [4.69, 9.17) is 0 Å². The maximum absolute atomic E-state index is 12.7. The zero-order chi connectivity index (χ0) is 21.9. The Bertz CT molecular complexity index is 1220. The first-order valence-electron chi connectivity index (χ1n) is 8.17. The summed E-state index contributed by atoms with van der Waals surface area (Å²) >= 11 is 0.741. The Morgan fingerprint density at radius 3 is 2.23 bits per heavy atom. The van der Waals surface area contributed by atoms with E-state index in [1.54, 1.807) is 0 Å². The SMILES string of the molecule is COC(=O)c1ccc(C(=O)Nc2ncc(S(=O)(=O)c3ccc([N+](=O)[O-])cc3)s2)cc1. The molecule has 0 radical (unpaired) electrons. The summed E-state index contributed by atoms with van der Waals surface area (Å²) in [6.07, 6.45) is 1.09. The Hall–Kier alpha value is -3.64. The van der Waals surface area contributed by atoms with Gasteiger partial charge < -0.3 is 4.74 Å². The number of hydrogen-bond acceptors (Lipinski definition) is 9. The molecule has 30 heavy (non-hydrogen) atoms. The van der Waals surface area contributed by atoms with Gasteiger partial charge in [-0.15, -0.1) is 0 Å². The Morgan fingerprint density at radius 1 is 1.07 bits per heavy atom. The number of hydrogen-bond donors (Lipinski definition) is 1. The summed E-state index contributed by atoms with van der Waals surface area (Å²) in [5.41, 5.74) is 0.279. The monoisotopic (exact) mass is 447 g/mol. The quantitative estimate of drug-likeness (QED) is 0.345. The van der Waals surface area contributed by atoms with E-state index in [0.717, 1.165) is 41.8 Å². The summed E-state index contributed by atoms with van der Waals surface area (Å²) in [7, 11) is -2.70. The minimum atomic E-state index is -3.95. The van der Waals surface area contributed by atoms with Crippen LogP contribution >= 0.6 is 11.3 Å². The minimum absolute atomic E-state index is 0.0533. The smallest absolute Gasteiger partial charge is 0.337 e. The molecule has 0 fully saturated rings. The molecule has 1 heterocycles. The highest BCUT2D eigenvalue weighted by molar-refractivity contribution is 7.93. The first kappa shape index (κ1) is 21.1. The van der Waals surface area contributed by atoms with Gasteiger partial charge in [-0.2, -0.15) is 0 Å². The van der Waals surface area contributed by atoms with Gasteiger partial charge in [0.2, 0.25) is 9.84 Å².